The van der Waals surface area contributed by atoms with Crippen molar-refractivity contribution in [1.29, 1.82) is 0 Å². The van der Waals surface area contributed by atoms with Crippen molar-refractivity contribution in [2.24, 2.45) is 5.92 Å². The van der Waals surface area contributed by atoms with Gasteiger partial charge < -0.3 is 9.80 Å². The Balaban J connectivity index is 2.29. The van der Waals surface area contributed by atoms with Gasteiger partial charge >= 0.3 is 0 Å². The Hall–Kier alpha value is 0.400. The van der Waals surface area contributed by atoms with Crippen LogP contribution in [0.5, 0.6) is 0 Å². The van der Waals surface area contributed by atoms with Gasteiger partial charge in [-0.05, 0) is 45.4 Å². The summed E-state index contributed by atoms with van der Waals surface area (Å²) in [5, 5.41) is 1.14. The number of halogens is 1. The number of alkyl halides is 1. The number of hydrogen-bond donors (Lipinski definition) is 0. The van der Waals surface area contributed by atoms with E-state index in [4.69, 9.17) is 0 Å². The van der Waals surface area contributed by atoms with Gasteiger partial charge in [-0.15, -0.1) is 0 Å². The summed E-state index contributed by atoms with van der Waals surface area (Å²) in [6.07, 6.45) is 3.98. The third kappa shape index (κ3) is 4.34. The number of piperidine rings is 1. The maximum Gasteiger partial charge on any atom is 0.0117 e. The van der Waals surface area contributed by atoms with Gasteiger partial charge in [-0.3, -0.25) is 0 Å². The van der Waals surface area contributed by atoms with Crippen molar-refractivity contribution in [3.05, 3.63) is 0 Å². The Labute approximate surface area is 109 Å². The number of rotatable bonds is 6. The highest BCUT2D eigenvalue weighted by Gasteiger charge is 2.22. The van der Waals surface area contributed by atoms with E-state index in [0.717, 1.165) is 17.3 Å². The number of likely N-dealkylation sites (tertiary alicyclic amines) is 1. The van der Waals surface area contributed by atoms with E-state index in [2.05, 4.69) is 46.6 Å². The molecule has 1 aliphatic rings. The van der Waals surface area contributed by atoms with Crippen LogP contribution in [0.3, 0.4) is 0 Å². The second kappa shape index (κ2) is 7.67. The van der Waals surface area contributed by atoms with Crippen LogP contribution in [-0.4, -0.2) is 54.4 Å². The highest BCUT2D eigenvalue weighted by atomic mass is 79.9. The first-order chi connectivity index (χ1) is 7.71. The molecule has 0 aliphatic carbocycles. The minimum Gasteiger partial charge on any atom is -0.303 e. The fourth-order valence-corrected chi connectivity index (χ4v) is 3.18. The summed E-state index contributed by atoms with van der Waals surface area (Å²) in [5.74, 6) is 0.814. The zero-order valence-corrected chi connectivity index (χ0v) is 12.7. The van der Waals surface area contributed by atoms with Crippen molar-refractivity contribution in [3.63, 3.8) is 0 Å². The molecule has 1 fully saturated rings. The van der Waals surface area contributed by atoms with Gasteiger partial charge in [0, 0.05) is 17.9 Å². The molecular weight excluding hydrogens is 264 g/mol. The smallest absolute Gasteiger partial charge is 0.0117 e. The van der Waals surface area contributed by atoms with Crippen LogP contribution in [0.2, 0.25) is 0 Å². The van der Waals surface area contributed by atoms with E-state index in [1.807, 2.05) is 0 Å². The molecular formula is C13H27BrN2. The molecule has 3 heteroatoms. The molecule has 0 spiro atoms. The Morgan fingerprint density at radius 2 is 1.94 bits per heavy atom. The first-order valence-corrected chi connectivity index (χ1v) is 7.81. The topological polar surface area (TPSA) is 6.48 Å². The average molecular weight is 291 g/mol. The van der Waals surface area contributed by atoms with E-state index in [1.54, 1.807) is 0 Å². The molecule has 0 aromatic carbocycles. The van der Waals surface area contributed by atoms with Crippen molar-refractivity contribution in [3.8, 4) is 0 Å². The van der Waals surface area contributed by atoms with Crippen LogP contribution in [0.15, 0.2) is 0 Å². The molecule has 2 nitrogen and oxygen atoms in total. The van der Waals surface area contributed by atoms with E-state index >= 15 is 0 Å². The Morgan fingerprint density at radius 3 is 2.38 bits per heavy atom. The third-order valence-corrected chi connectivity index (χ3v) is 4.89. The molecule has 0 radical (unpaired) electrons. The van der Waals surface area contributed by atoms with Crippen molar-refractivity contribution in [1.82, 2.24) is 9.80 Å². The van der Waals surface area contributed by atoms with Crippen molar-refractivity contribution < 1.29 is 0 Å². The first-order valence-electron chi connectivity index (χ1n) is 6.69. The SMILES string of the molecule is CCC(CBr)CN(C)C1CCN(CC)CC1. The molecule has 1 aliphatic heterocycles. The molecule has 0 N–H and O–H groups in total. The molecule has 1 rings (SSSR count). The lowest BCUT2D eigenvalue weighted by molar-refractivity contribution is 0.121. The molecule has 0 aromatic rings. The molecule has 96 valence electrons. The van der Waals surface area contributed by atoms with E-state index in [0.29, 0.717) is 0 Å². The second-order valence-electron chi connectivity index (χ2n) is 5.03. The lowest BCUT2D eigenvalue weighted by atomic mass is 10.0. The van der Waals surface area contributed by atoms with E-state index in [9.17, 15) is 0 Å². The number of hydrogen-bond acceptors (Lipinski definition) is 2. The fourth-order valence-electron chi connectivity index (χ4n) is 2.52. The molecule has 1 saturated heterocycles. The lowest BCUT2D eigenvalue weighted by Crippen LogP contribution is -2.44. The molecule has 0 bridgehead atoms. The minimum atomic E-state index is 0.814. The predicted molar refractivity (Wildman–Crippen MR) is 75.3 cm³/mol. The molecule has 16 heavy (non-hydrogen) atoms. The molecule has 1 heterocycles. The first kappa shape index (κ1) is 14.5. The Morgan fingerprint density at radius 1 is 1.31 bits per heavy atom. The highest BCUT2D eigenvalue weighted by molar-refractivity contribution is 9.09. The molecule has 1 unspecified atom stereocenters. The van der Waals surface area contributed by atoms with Gasteiger partial charge in [-0.1, -0.05) is 36.2 Å². The van der Waals surface area contributed by atoms with Crippen LogP contribution < -0.4 is 0 Å². The zero-order chi connectivity index (χ0) is 12.0. The van der Waals surface area contributed by atoms with E-state index in [-0.39, 0.29) is 0 Å². The summed E-state index contributed by atoms with van der Waals surface area (Å²) in [4.78, 5) is 5.15. The van der Waals surface area contributed by atoms with Crippen molar-refractivity contribution >= 4 is 15.9 Å². The van der Waals surface area contributed by atoms with Crippen LogP contribution in [0.4, 0.5) is 0 Å². The maximum atomic E-state index is 3.61. The highest BCUT2D eigenvalue weighted by Crippen LogP contribution is 2.17. The zero-order valence-electron chi connectivity index (χ0n) is 11.1. The second-order valence-corrected chi connectivity index (χ2v) is 5.68. The van der Waals surface area contributed by atoms with Crippen molar-refractivity contribution in [2.75, 3.05) is 38.6 Å². The number of nitrogens with zero attached hydrogens (tertiary/aromatic N) is 2. The van der Waals surface area contributed by atoms with Gasteiger partial charge in [-0.25, -0.2) is 0 Å². The Bertz CT molecular complexity index is 175. The van der Waals surface area contributed by atoms with Gasteiger partial charge in [0.2, 0.25) is 0 Å². The minimum absolute atomic E-state index is 0.814. The normalized spacial score (nSPS) is 21.6. The standard InChI is InChI=1S/C13H27BrN2/c1-4-12(10-14)11-15(3)13-6-8-16(5-2)9-7-13/h12-13H,4-11H2,1-3H3. The van der Waals surface area contributed by atoms with Crippen LogP contribution in [0, 0.1) is 5.92 Å². The summed E-state index contributed by atoms with van der Waals surface area (Å²) in [6, 6.07) is 0.816. The molecule has 0 aromatic heterocycles. The van der Waals surface area contributed by atoms with Crippen LogP contribution in [0.25, 0.3) is 0 Å². The Kier molecular flexibility index (Phi) is 6.94. The molecule has 1 atom stereocenters. The van der Waals surface area contributed by atoms with Crippen LogP contribution >= 0.6 is 15.9 Å². The summed E-state index contributed by atoms with van der Waals surface area (Å²) in [6.45, 7) is 9.60. The van der Waals surface area contributed by atoms with E-state index < -0.39 is 0 Å². The summed E-state index contributed by atoms with van der Waals surface area (Å²) in [5.41, 5.74) is 0. The summed E-state index contributed by atoms with van der Waals surface area (Å²) in [7, 11) is 2.30. The third-order valence-electron chi connectivity index (χ3n) is 3.97. The monoisotopic (exact) mass is 290 g/mol. The summed E-state index contributed by atoms with van der Waals surface area (Å²) >= 11 is 3.61. The van der Waals surface area contributed by atoms with Gasteiger partial charge in [0.25, 0.3) is 0 Å². The predicted octanol–water partition coefficient (Wildman–Crippen LogP) is 2.82. The van der Waals surface area contributed by atoms with Crippen LogP contribution in [0.1, 0.15) is 33.1 Å². The summed E-state index contributed by atoms with van der Waals surface area (Å²) < 4.78 is 0. The van der Waals surface area contributed by atoms with Gasteiger partial charge in [0.05, 0.1) is 0 Å². The molecule has 0 saturated carbocycles. The fraction of sp³-hybridized carbons (Fsp3) is 1.00. The van der Waals surface area contributed by atoms with Crippen LogP contribution in [-0.2, 0) is 0 Å². The van der Waals surface area contributed by atoms with Crippen molar-refractivity contribution in [2.45, 2.75) is 39.2 Å². The molecule has 0 amide bonds. The average Bonchev–Trinajstić information content (AvgIpc) is 2.35. The maximum absolute atomic E-state index is 3.61. The lowest BCUT2D eigenvalue weighted by Gasteiger charge is -2.37. The quantitative estimate of drug-likeness (QED) is 0.694. The van der Waals surface area contributed by atoms with E-state index in [1.165, 1.54) is 45.4 Å². The van der Waals surface area contributed by atoms with Gasteiger partial charge in [0.15, 0.2) is 0 Å². The largest absolute Gasteiger partial charge is 0.303 e. The van der Waals surface area contributed by atoms with Gasteiger partial charge in [0.1, 0.15) is 0 Å². The van der Waals surface area contributed by atoms with Gasteiger partial charge in [-0.2, -0.15) is 0 Å².